The maximum Gasteiger partial charge on any atom is 0.573 e. The lowest BCUT2D eigenvalue weighted by Gasteiger charge is -2.13. The Morgan fingerprint density at radius 2 is 1.76 bits per heavy atom. The number of carbonyl (C=O) groups excluding carboxylic acids is 1. The molecule has 0 aliphatic heterocycles. The van der Waals surface area contributed by atoms with E-state index in [1.807, 2.05) is 0 Å². The van der Waals surface area contributed by atoms with Gasteiger partial charge in [-0.1, -0.05) is 35.3 Å². The molecule has 0 atom stereocenters. The molecule has 0 radical (unpaired) electrons. The fraction of sp³-hybridized carbons (Fsp3) is 0.208. The number of fused-ring (bicyclic) bond motifs is 1. The molecule has 2 heterocycles. The molecule has 14 heteroatoms. The van der Waals surface area contributed by atoms with E-state index in [0.717, 1.165) is 6.07 Å². The summed E-state index contributed by atoms with van der Waals surface area (Å²) in [6.07, 6.45) is -9.71. The molecule has 200 valence electrons. The first kappa shape index (κ1) is 27.5. The van der Waals surface area contributed by atoms with E-state index in [0.29, 0.717) is 23.0 Å². The first-order valence-electron chi connectivity index (χ1n) is 10.7. The number of alkyl halides is 6. The average molecular weight is 577 g/mol. The van der Waals surface area contributed by atoms with E-state index in [1.165, 1.54) is 28.9 Å². The van der Waals surface area contributed by atoms with Crippen LogP contribution < -0.4 is 10.1 Å². The topological polar surface area (TPSA) is 69.0 Å². The monoisotopic (exact) mass is 576 g/mol. The summed E-state index contributed by atoms with van der Waals surface area (Å²) >= 11 is 12.1. The van der Waals surface area contributed by atoms with Gasteiger partial charge in [0, 0.05) is 10.4 Å². The van der Waals surface area contributed by atoms with Crippen LogP contribution in [0.4, 0.5) is 32.0 Å². The fourth-order valence-corrected chi connectivity index (χ4v) is 4.35. The van der Waals surface area contributed by atoms with Gasteiger partial charge in [-0.15, -0.1) is 13.2 Å². The molecule has 0 saturated heterocycles. The zero-order chi connectivity index (χ0) is 28.0. The number of aryl methyl sites for hydroxylation is 1. The number of nitrogens with one attached hydrogen (secondary N) is 1. The number of amides is 1. The standard InChI is InChI=1S/C24H16Cl2F6N4O2/c1-11-20(12(2)36(35-11)10-13-4-3-5-15(6-13)38-24(30,31)32)34-22(37)17-9-19(23(27,28)29)33-21-16(17)7-14(25)8-18(21)26/h3-9H,10H2,1-2H3,(H,34,37). The normalized spacial score (nSPS) is 12.2. The third-order valence-electron chi connectivity index (χ3n) is 5.45. The summed E-state index contributed by atoms with van der Waals surface area (Å²) in [7, 11) is 0. The maximum absolute atomic E-state index is 13.5. The van der Waals surface area contributed by atoms with Gasteiger partial charge in [0.1, 0.15) is 11.4 Å². The summed E-state index contributed by atoms with van der Waals surface area (Å²) in [6.45, 7) is 3.17. The van der Waals surface area contributed by atoms with Crippen LogP contribution in [0.2, 0.25) is 10.0 Å². The van der Waals surface area contributed by atoms with E-state index in [-0.39, 0.29) is 38.7 Å². The number of ether oxygens (including phenoxy) is 1. The summed E-state index contributed by atoms with van der Waals surface area (Å²) in [4.78, 5) is 16.8. The average Bonchev–Trinajstić information content (AvgIpc) is 3.04. The second-order valence-corrected chi connectivity index (χ2v) is 9.03. The number of benzene rings is 2. The smallest absolute Gasteiger partial charge is 0.406 e. The molecule has 38 heavy (non-hydrogen) atoms. The lowest BCUT2D eigenvalue weighted by atomic mass is 10.1. The predicted molar refractivity (Wildman–Crippen MR) is 129 cm³/mol. The molecule has 0 aliphatic carbocycles. The van der Waals surface area contributed by atoms with Gasteiger partial charge in [-0.2, -0.15) is 18.3 Å². The van der Waals surface area contributed by atoms with Crippen LogP contribution in [0.15, 0.2) is 42.5 Å². The number of nitrogens with zero attached hydrogens (tertiary/aromatic N) is 3. The van der Waals surface area contributed by atoms with Gasteiger partial charge in [0.2, 0.25) is 0 Å². The molecule has 1 amide bonds. The first-order valence-corrected chi connectivity index (χ1v) is 11.4. The van der Waals surface area contributed by atoms with Gasteiger partial charge in [-0.05, 0) is 49.7 Å². The molecule has 0 unspecified atom stereocenters. The highest BCUT2D eigenvalue weighted by atomic mass is 35.5. The number of anilines is 1. The largest absolute Gasteiger partial charge is 0.573 e. The van der Waals surface area contributed by atoms with Gasteiger partial charge < -0.3 is 10.1 Å². The van der Waals surface area contributed by atoms with Crippen molar-refractivity contribution < 1.29 is 35.9 Å². The second kappa shape index (κ2) is 9.99. The Balaban J connectivity index is 1.68. The summed E-state index contributed by atoms with van der Waals surface area (Å²) in [6, 6.07) is 8.39. The Kier molecular flexibility index (Phi) is 7.23. The molecule has 0 bridgehead atoms. The van der Waals surface area contributed by atoms with Crippen molar-refractivity contribution in [3.8, 4) is 5.75 Å². The van der Waals surface area contributed by atoms with Crippen molar-refractivity contribution in [2.24, 2.45) is 0 Å². The summed E-state index contributed by atoms with van der Waals surface area (Å²) in [5.41, 5.74) is -0.563. The first-order chi connectivity index (χ1) is 17.6. The zero-order valence-electron chi connectivity index (χ0n) is 19.4. The Morgan fingerprint density at radius 3 is 2.42 bits per heavy atom. The van der Waals surface area contributed by atoms with Gasteiger partial charge in [0.15, 0.2) is 0 Å². The van der Waals surface area contributed by atoms with Crippen LogP contribution in [0, 0.1) is 13.8 Å². The molecule has 4 rings (SSSR count). The van der Waals surface area contributed by atoms with Gasteiger partial charge >= 0.3 is 12.5 Å². The third-order valence-corrected chi connectivity index (χ3v) is 5.96. The Morgan fingerprint density at radius 1 is 1.05 bits per heavy atom. The van der Waals surface area contributed by atoms with E-state index >= 15 is 0 Å². The minimum atomic E-state index is -4.86. The van der Waals surface area contributed by atoms with Crippen LogP contribution in [0.5, 0.6) is 5.75 Å². The maximum atomic E-state index is 13.5. The number of hydrogen-bond acceptors (Lipinski definition) is 4. The molecule has 0 fully saturated rings. The van der Waals surface area contributed by atoms with E-state index in [2.05, 4.69) is 20.1 Å². The van der Waals surface area contributed by atoms with Crippen LogP contribution in [-0.2, 0) is 12.7 Å². The SMILES string of the molecule is Cc1nn(Cc2cccc(OC(F)(F)F)c2)c(C)c1NC(=O)c1cc(C(F)(F)F)nc2c(Cl)cc(Cl)cc12. The van der Waals surface area contributed by atoms with E-state index in [4.69, 9.17) is 23.2 Å². The van der Waals surface area contributed by atoms with Crippen molar-refractivity contribution >= 4 is 45.7 Å². The zero-order valence-corrected chi connectivity index (χ0v) is 20.9. The Labute approximate surface area is 221 Å². The molecule has 0 spiro atoms. The molecule has 1 N–H and O–H groups in total. The Bertz CT molecular complexity index is 1550. The molecule has 4 aromatic rings. The van der Waals surface area contributed by atoms with Crippen LogP contribution in [0.25, 0.3) is 10.9 Å². The van der Waals surface area contributed by atoms with Crippen molar-refractivity contribution in [3.05, 3.63) is 80.7 Å². The van der Waals surface area contributed by atoms with E-state index < -0.39 is 29.9 Å². The highest BCUT2D eigenvalue weighted by Gasteiger charge is 2.35. The fourth-order valence-electron chi connectivity index (χ4n) is 3.81. The van der Waals surface area contributed by atoms with Crippen molar-refractivity contribution in [2.75, 3.05) is 5.32 Å². The van der Waals surface area contributed by atoms with Crippen molar-refractivity contribution in [1.82, 2.24) is 14.8 Å². The quantitative estimate of drug-likeness (QED) is 0.249. The predicted octanol–water partition coefficient (Wildman–Crippen LogP) is 7.57. The molecule has 2 aromatic heterocycles. The number of hydrogen-bond donors (Lipinski definition) is 1. The van der Waals surface area contributed by atoms with Crippen LogP contribution in [0.3, 0.4) is 0 Å². The van der Waals surface area contributed by atoms with Gasteiger partial charge in [-0.3, -0.25) is 9.48 Å². The Hall–Kier alpha value is -3.51. The highest BCUT2D eigenvalue weighted by molar-refractivity contribution is 6.39. The van der Waals surface area contributed by atoms with Gasteiger partial charge in [0.05, 0.1) is 39.7 Å². The van der Waals surface area contributed by atoms with E-state index in [9.17, 15) is 31.1 Å². The van der Waals surface area contributed by atoms with Gasteiger partial charge in [-0.25, -0.2) is 4.98 Å². The molecule has 0 saturated carbocycles. The molecular weight excluding hydrogens is 561 g/mol. The molecule has 2 aromatic carbocycles. The second-order valence-electron chi connectivity index (χ2n) is 8.19. The van der Waals surface area contributed by atoms with Crippen LogP contribution in [-0.4, -0.2) is 27.0 Å². The number of halogens is 8. The third kappa shape index (κ3) is 5.97. The van der Waals surface area contributed by atoms with Crippen LogP contribution in [0.1, 0.15) is 33.0 Å². The van der Waals surface area contributed by atoms with Crippen molar-refractivity contribution in [2.45, 2.75) is 32.9 Å². The summed E-state index contributed by atoms with van der Waals surface area (Å²) < 4.78 is 83.5. The highest BCUT2D eigenvalue weighted by Crippen LogP contribution is 2.35. The van der Waals surface area contributed by atoms with Gasteiger partial charge in [0.25, 0.3) is 5.91 Å². The van der Waals surface area contributed by atoms with Crippen LogP contribution >= 0.6 is 23.2 Å². The minimum Gasteiger partial charge on any atom is -0.406 e. The van der Waals surface area contributed by atoms with Crippen molar-refractivity contribution in [3.63, 3.8) is 0 Å². The number of aromatic nitrogens is 3. The lowest BCUT2D eigenvalue weighted by molar-refractivity contribution is -0.274. The molecular formula is C24H16Cl2F6N4O2. The summed E-state index contributed by atoms with van der Waals surface area (Å²) in [5, 5.41) is 6.83. The van der Waals surface area contributed by atoms with E-state index in [1.54, 1.807) is 19.9 Å². The minimum absolute atomic E-state index is 0.0113. The van der Waals surface area contributed by atoms with Crippen molar-refractivity contribution in [1.29, 1.82) is 0 Å². The molecule has 0 aliphatic rings. The number of rotatable bonds is 5. The number of pyridine rings is 1. The molecule has 6 nitrogen and oxygen atoms in total. The number of carbonyl (C=O) groups is 1. The lowest BCUT2D eigenvalue weighted by Crippen LogP contribution is -2.17. The summed E-state index contributed by atoms with van der Waals surface area (Å²) in [5.74, 6) is -1.31.